The summed E-state index contributed by atoms with van der Waals surface area (Å²) in [4.78, 5) is 7.66. The Balaban J connectivity index is 2.79. The van der Waals surface area contributed by atoms with Gasteiger partial charge in [-0.2, -0.15) is 0 Å². The lowest BCUT2D eigenvalue weighted by atomic mass is 10.3. The minimum absolute atomic E-state index is 0.0918. The zero-order valence-corrected chi connectivity index (χ0v) is 9.57. The summed E-state index contributed by atoms with van der Waals surface area (Å²) >= 11 is 0. The predicted octanol–water partition coefficient (Wildman–Crippen LogP) is -0.426. The average Bonchev–Trinajstić information content (AvgIpc) is 2.28. The van der Waals surface area contributed by atoms with E-state index in [0.29, 0.717) is 11.4 Å². The maximum absolute atomic E-state index is 11.0. The van der Waals surface area contributed by atoms with Gasteiger partial charge in [0.25, 0.3) is 0 Å². The Bertz CT molecular complexity index is 339. The van der Waals surface area contributed by atoms with Gasteiger partial charge in [-0.3, -0.25) is 13.8 Å². The van der Waals surface area contributed by atoms with Gasteiger partial charge in [0, 0.05) is 34.1 Å². The van der Waals surface area contributed by atoms with Gasteiger partial charge in [0.05, 0.1) is 22.9 Å². The van der Waals surface area contributed by atoms with E-state index in [9.17, 15) is 8.42 Å². The Morgan fingerprint density at radius 1 is 1.07 bits per heavy atom. The van der Waals surface area contributed by atoms with Gasteiger partial charge >= 0.3 is 0 Å². The summed E-state index contributed by atoms with van der Waals surface area (Å²) in [5, 5.41) is 7.23. The molecule has 0 aromatic carbocycles. The van der Waals surface area contributed by atoms with Crippen LogP contribution in [0.3, 0.4) is 0 Å². The topological polar surface area (TPSA) is 82.7 Å². The monoisotopic (exact) mass is 233 g/mol. The van der Waals surface area contributed by atoms with Gasteiger partial charge in [0.1, 0.15) is 0 Å². The van der Waals surface area contributed by atoms with Gasteiger partial charge in [-0.25, -0.2) is 9.98 Å². The highest BCUT2D eigenvalue weighted by molar-refractivity contribution is 7.86. The molecule has 1 aliphatic heterocycles. The van der Waals surface area contributed by atoms with Crippen molar-refractivity contribution < 1.29 is 8.42 Å². The zero-order valence-electron chi connectivity index (χ0n) is 7.94. The molecule has 0 fully saturated rings. The summed E-state index contributed by atoms with van der Waals surface area (Å²) in [6.07, 6.45) is 3.12. The fraction of sp³-hybridized carbons (Fsp3) is 0.571. The second-order valence-corrected chi connectivity index (χ2v) is 5.75. The maximum atomic E-state index is 11.0. The first-order valence-corrected chi connectivity index (χ1v) is 7.28. The molecule has 1 aliphatic rings. The summed E-state index contributed by atoms with van der Waals surface area (Å²) in [7, 11) is -2.03. The number of rotatable bonds is 4. The van der Waals surface area contributed by atoms with Crippen molar-refractivity contribution in [3.8, 4) is 0 Å². The molecule has 0 aromatic rings. The van der Waals surface area contributed by atoms with Crippen molar-refractivity contribution in [3.63, 3.8) is 0 Å². The Morgan fingerprint density at radius 2 is 1.43 bits per heavy atom. The van der Waals surface area contributed by atoms with Crippen molar-refractivity contribution in [3.05, 3.63) is 0 Å². The molecule has 2 atom stereocenters. The largest absolute Gasteiger partial charge is 0.265 e. The highest BCUT2D eigenvalue weighted by Crippen LogP contribution is 2.01. The van der Waals surface area contributed by atoms with Crippen LogP contribution in [-0.2, 0) is 21.6 Å². The van der Waals surface area contributed by atoms with E-state index in [-0.39, 0.29) is 17.5 Å². The third kappa shape index (κ3) is 3.22. The number of hydrogen-bond donors (Lipinski definition) is 1. The normalized spacial score (nSPS) is 20.3. The molecular weight excluding hydrogens is 222 g/mol. The number of nitrogens with zero attached hydrogens (tertiary/aromatic N) is 2. The standard InChI is InChI=1S/C7H11N3O2S2/c1-13(11)3-5-6(4-14(2)12)10-7(8)9-5/h8H,3-4H2,1-2H3/t13-,14-/m0/s1. The van der Waals surface area contributed by atoms with Crippen LogP contribution in [0.2, 0.25) is 0 Å². The molecule has 1 rings (SSSR count). The Morgan fingerprint density at radius 3 is 1.71 bits per heavy atom. The molecule has 0 saturated heterocycles. The predicted molar refractivity (Wildman–Crippen MR) is 60.5 cm³/mol. The van der Waals surface area contributed by atoms with Crippen LogP contribution in [0.5, 0.6) is 0 Å². The van der Waals surface area contributed by atoms with Crippen LogP contribution in [0.25, 0.3) is 0 Å². The van der Waals surface area contributed by atoms with Crippen LogP contribution < -0.4 is 0 Å². The van der Waals surface area contributed by atoms with Crippen LogP contribution in [0.4, 0.5) is 0 Å². The quantitative estimate of drug-likeness (QED) is 0.715. The molecule has 78 valence electrons. The van der Waals surface area contributed by atoms with Crippen molar-refractivity contribution in [2.45, 2.75) is 0 Å². The third-order valence-corrected chi connectivity index (χ3v) is 2.85. The van der Waals surface area contributed by atoms with Crippen molar-refractivity contribution in [2.24, 2.45) is 9.98 Å². The number of hydrogen-bond acceptors (Lipinski definition) is 3. The minimum Gasteiger partial charge on any atom is -0.265 e. The van der Waals surface area contributed by atoms with E-state index in [1.807, 2.05) is 0 Å². The van der Waals surface area contributed by atoms with Crippen LogP contribution in [0, 0.1) is 5.41 Å². The zero-order chi connectivity index (χ0) is 10.7. The fourth-order valence-electron chi connectivity index (χ4n) is 1.03. The van der Waals surface area contributed by atoms with Crippen LogP contribution in [0.1, 0.15) is 0 Å². The first-order valence-electron chi connectivity index (χ1n) is 3.83. The number of aliphatic imine (C=N–C) groups is 2. The highest BCUT2D eigenvalue weighted by Gasteiger charge is 2.19. The molecule has 0 radical (unpaired) electrons. The molecule has 1 heterocycles. The van der Waals surface area contributed by atoms with Gasteiger partial charge in [-0.1, -0.05) is 0 Å². The SMILES string of the molecule is C[S@](=O)CC1=NC(=N)N=C1C[S@](C)=O. The number of guanidine groups is 1. The summed E-state index contributed by atoms with van der Waals surface area (Å²) < 4.78 is 21.9. The van der Waals surface area contributed by atoms with Crippen LogP contribution in [-0.4, -0.2) is 49.8 Å². The molecule has 5 nitrogen and oxygen atoms in total. The smallest absolute Gasteiger partial charge is 0.242 e. The Labute approximate surface area is 87.1 Å². The van der Waals surface area contributed by atoms with E-state index in [1.54, 1.807) is 12.5 Å². The lowest BCUT2D eigenvalue weighted by molar-refractivity contribution is 0.688. The molecule has 1 N–H and O–H groups in total. The van der Waals surface area contributed by atoms with E-state index in [1.165, 1.54) is 0 Å². The van der Waals surface area contributed by atoms with Crippen molar-refractivity contribution in [1.82, 2.24) is 0 Å². The molecule has 0 unspecified atom stereocenters. The van der Waals surface area contributed by atoms with E-state index in [0.717, 1.165) is 0 Å². The molecule has 0 amide bonds. The molecule has 0 aliphatic carbocycles. The number of nitrogens with one attached hydrogen (secondary N) is 1. The van der Waals surface area contributed by atoms with E-state index >= 15 is 0 Å². The minimum atomic E-state index is -1.01. The molecule has 14 heavy (non-hydrogen) atoms. The molecule has 0 bridgehead atoms. The summed E-state index contributed by atoms with van der Waals surface area (Å²) in [5.74, 6) is 0.461. The van der Waals surface area contributed by atoms with Gasteiger partial charge in [-0.15, -0.1) is 0 Å². The molecule has 0 spiro atoms. The Kier molecular flexibility index (Phi) is 3.82. The summed E-state index contributed by atoms with van der Waals surface area (Å²) in [6, 6.07) is 0. The summed E-state index contributed by atoms with van der Waals surface area (Å²) in [5.41, 5.74) is 1.07. The van der Waals surface area contributed by atoms with E-state index in [2.05, 4.69) is 9.98 Å². The van der Waals surface area contributed by atoms with Crippen LogP contribution >= 0.6 is 0 Å². The van der Waals surface area contributed by atoms with E-state index in [4.69, 9.17) is 5.41 Å². The van der Waals surface area contributed by atoms with Crippen LogP contribution in [0.15, 0.2) is 9.98 Å². The first kappa shape index (κ1) is 11.4. The van der Waals surface area contributed by atoms with Gasteiger partial charge < -0.3 is 0 Å². The second-order valence-electron chi connectivity index (χ2n) is 2.88. The van der Waals surface area contributed by atoms with Crippen molar-refractivity contribution in [1.29, 1.82) is 5.41 Å². The molecule has 0 aromatic heterocycles. The average molecular weight is 233 g/mol. The van der Waals surface area contributed by atoms with Gasteiger partial charge in [0.2, 0.25) is 5.96 Å². The Hall–Kier alpha value is -0.690. The first-order chi connectivity index (χ1) is 6.49. The highest BCUT2D eigenvalue weighted by atomic mass is 32.2. The summed E-state index contributed by atoms with van der Waals surface area (Å²) in [6.45, 7) is 0. The molecular formula is C7H11N3O2S2. The molecule has 7 heteroatoms. The lowest BCUT2D eigenvalue weighted by Crippen LogP contribution is -2.23. The molecule has 0 saturated carbocycles. The second kappa shape index (κ2) is 4.70. The maximum Gasteiger partial charge on any atom is 0.242 e. The third-order valence-electron chi connectivity index (χ3n) is 1.49. The van der Waals surface area contributed by atoms with Crippen molar-refractivity contribution >= 4 is 39.0 Å². The van der Waals surface area contributed by atoms with Gasteiger partial charge in [0.15, 0.2) is 0 Å². The van der Waals surface area contributed by atoms with Gasteiger partial charge in [-0.05, 0) is 0 Å². The fourth-order valence-corrected chi connectivity index (χ4v) is 2.26. The van der Waals surface area contributed by atoms with Crippen molar-refractivity contribution in [2.75, 3.05) is 24.0 Å². The lowest BCUT2D eigenvalue weighted by Gasteiger charge is -2.00. The van der Waals surface area contributed by atoms with E-state index < -0.39 is 21.6 Å².